The quantitative estimate of drug-likeness (QED) is 0.678. The van der Waals surface area contributed by atoms with Crippen LogP contribution in [-0.2, 0) is 11.3 Å². The topological polar surface area (TPSA) is 70.3 Å². The Hall–Kier alpha value is -0.720. The van der Waals surface area contributed by atoms with Crippen LogP contribution in [0.2, 0.25) is 0 Å². The molecule has 0 saturated heterocycles. The molecular formula is C7H13N3O2S. The van der Waals surface area contributed by atoms with Crippen molar-refractivity contribution >= 4 is 11.3 Å². The first-order valence-corrected chi connectivity index (χ1v) is 4.91. The molecule has 0 aliphatic carbocycles. The molecule has 1 rings (SSSR count). The van der Waals surface area contributed by atoms with Gasteiger partial charge in [0.05, 0.1) is 6.61 Å². The lowest BCUT2D eigenvalue weighted by Crippen LogP contribution is -2.05. The Kier molecular flexibility index (Phi) is 4.66. The van der Waals surface area contributed by atoms with Crippen LogP contribution >= 0.6 is 11.3 Å². The third-order valence-electron chi connectivity index (χ3n) is 1.28. The molecule has 1 heterocycles. The fourth-order valence-electron chi connectivity index (χ4n) is 0.711. The molecular weight excluding hydrogens is 190 g/mol. The second-order valence-electron chi connectivity index (χ2n) is 2.21. The van der Waals surface area contributed by atoms with E-state index in [-0.39, 0.29) is 0 Å². The van der Waals surface area contributed by atoms with Gasteiger partial charge >= 0.3 is 0 Å². The maximum Gasteiger partial charge on any atom is 0.294 e. The van der Waals surface area contributed by atoms with E-state index in [0.717, 1.165) is 5.01 Å². The molecule has 0 radical (unpaired) electrons. The van der Waals surface area contributed by atoms with Gasteiger partial charge in [0, 0.05) is 13.2 Å². The van der Waals surface area contributed by atoms with Crippen molar-refractivity contribution in [3.8, 4) is 5.19 Å². The zero-order chi connectivity index (χ0) is 9.52. The van der Waals surface area contributed by atoms with Crippen molar-refractivity contribution in [2.75, 3.05) is 19.8 Å². The highest BCUT2D eigenvalue weighted by Crippen LogP contribution is 2.16. The summed E-state index contributed by atoms with van der Waals surface area (Å²) in [6, 6.07) is 0. The van der Waals surface area contributed by atoms with E-state index in [1.807, 2.05) is 6.92 Å². The van der Waals surface area contributed by atoms with E-state index in [1.165, 1.54) is 11.3 Å². The van der Waals surface area contributed by atoms with E-state index < -0.39 is 0 Å². The predicted molar refractivity (Wildman–Crippen MR) is 49.8 cm³/mol. The smallest absolute Gasteiger partial charge is 0.294 e. The van der Waals surface area contributed by atoms with Crippen LogP contribution in [-0.4, -0.2) is 30.0 Å². The first kappa shape index (κ1) is 10.4. The minimum absolute atomic E-state index is 0.409. The number of hydrogen-bond acceptors (Lipinski definition) is 6. The Balaban J connectivity index is 2.20. The van der Waals surface area contributed by atoms with Gasteiger partial charge in [-0.25, -0.2) is 0 Å². The van der Waals surface area contributed by atoms with Gasteiger partial charge in [-0.3, -0.25) is 0 Å². The minimum Gasteiger partial charge on any atom is -0.466 e. The fourth-order valence-corrected chi connectivity index (χ4v) is 1.30. The number of aromatic nitrogens is 2. The van der Waals surface area contributed by atoms with Gasteiger partial charge in [-0.05, 0) is 6.92 Å². The molecule has 0 bridgehead atoms. The number of hydrogen-bond donors (Lipinski definition) is 1. The highest BCUT2D eigenvalue weighted by Gasteiger charge is 2.02. The third kappa shape index (κ3) is 3.67. The van der Waals surface area contributed by atoms with Crippen LogP contribution in [0.5, 0.6) is 5.19 Å². The fraction of sp³-hybridized carbons (Fsp3) is 0.714. The SMILES string of the molecule is CCOCCOc1nnc(CN)s1. The summed E-state index contributed by atoms with van der Waals surface area (Å²) in [4.78, 5) is 0. The van der Waals surface area contributed by atoms with Gasteiger partial charge in [0.15, 0.2) is 0 Å². The number of nitrogens with two attached hydrogens (primary N) is 1. The Bertz CT molecular complexity index is 241. The second-order valence-corrected chi connectivity index (χ2v) is 3.24. The standard InChI is InChI=1S/C7H13N3O2S/c1-2-11-3-4-12-7-10-9-6(5-8)13-7/h2-5,8H2,1H3. The molecule has 0 atom stereocenters. The van der Waals surface area contributed by atoms with Crippen molar-refractivity contribution < 1.29 is 9.47 Å². The summed E-state index contributed by atoms with van der Waals surface area (Å²) in [5.41, 5.74) is 5.37. The van der Waals surface area contributed by atoms with Crippen LogP contribution in [0.4, 0.5) is 0 Å². The molecule has 1 aromatic rings. The first-order valence-electron chi connectivity index (χ1n) is 4.09. The monoisotopic (exact) mass is 203 g/mol. The van der Waals surface area contributed by atoms with Crippen LogP contribution < -0.4 is 10.5 Å². The summed E-state index contributed by atoms with van der Waals surface area (Å²) >= 11 is 1.37. The van der Waals surface area contributed by atoms with E-state index in [1.54, 1.807) is 0 Å². The lowest BCUT2D eigenvalue weighted by Gasteiger charge is -2.00. The van der Waals surface area contributed by atoms with E-state index in [9.17, 15) is 0 Å². The van der Waals surface area contributed by atoms with E-state index in [2.05, 4.69) is 10.2 Å². The van der Waals surface area contributed by atoms with Crippen LogP contribution in [0.15, 0.2) is 0 Å². The highest BCUT2D eigenvalue weighted by molar-refractivity contribution is 7.13. The molecule has 0 aliphatic rings. The third-order valence-corrected chi connectivity index (χ3v) is 2.14. The van der Waals surface area contributed by atoms with Gasteiger partial charge < -0.3 is 15.2 Å². The maximum atomic E-state index is 5.37. The largest absolute Gasteiger partial charge is 0.466 e. The number of ether oxygens (including phenoxy) is 2. The molecule has 2 N–H and O–H groups in total. The number of nitrogens with zero attached hydrogens (tertiary/aromatic N) is 2. The van der Waals surface area contributed by atoms with Gasteiger partial charge in [0.1, 0.15) is 11.6 Å². The molecule has 1 aromatic heterocycles. The molecule has 0 spiro atoms. The lowest BCUT2D eigenvalue weighted by atomic mass is 10.7. The van der Waals surface area contributed by atoms with Crippen molar-refractivity contribution in [1.82, 2.24) is 10.2 Å². The summed E-state index contributed by atoms with van der Waals surface area (Å²) in [6.45, 7) is 4.14. The van der Waals surface area contributed by atoms with Crippen LogP contribution in [0.25, 0.3) is 0 Å². The van der Waals surface area contributed by atoms with Crippen LogP contribution in [0.1, 0.15) is 11.9 Å². The summed E-state index contributed by atoms with van der Waals surface area (Å²) < 4.78 is 10.4. The lowest BCUT2D eigenvalue weighted by molar-refractivity contribution is 0.110. The Morgan fingerprint density at radius 2 is 2.23 bits per heavy atom. The molecule has 0 saturated carbocycles. The summed E-state index contributed by atoms with van der Waals surface area (Å²) in [7, 11) is 0. The van der Waals surface area contributed by atoms with Crippen molar-refractivity contribution in [1.29, 1.82) is 0 Å². The average Bonchev–Trinajstić information content (AvgIpc) is 2.60. The molecule has 74 valence electrons. The summed E-state index contributed by atoms with van der Waals surface area (Å²) in [5, 5.41) is 8.95. The Labute approximate surface area is 80.9 Å². The van der Waals surface area contributed by atoms with Crippen LogP contribution in [0.3, 0.4) is 0 Å². The first-order chi connectivity index (χ1) is 6.36. The van der Waals surface area contributed by atoms with Gasteiger partial charge in [0.2, 0.25) is 0 Å². The van der Waals surface area contributed by atoms with E-state index in [4.69, 9.17) is 15.2 Å². The van der Waals surface area contributed by atoms with Crippen molar-refractivity contribution in [3.63, 3.8) is 0 Å². The Morgan fingerprint density at radius 3 is 2.85 bits per heavy atom. The predicted octanol–water partition coefficient (Wildman–Crippen LogP) is 0.412. The van der Waals surface area contributed by atoms with E-state index >= 15 is 0 Å². The molecule has 5 nitrogen and oxygen atoms in total. The molecule has 0 aromatic carbocycles. The van der Waals surface area contributed by atoms with Gasteiger partial charge in [-0.2, -0.15) is 0 Å². The summed E-state index contributed by atoms with van der Waals surface area (Å²) in [5.74, 6) is 0. The normalized spacial score (nSPS) is 10.3. The Morgan fingerprint density at radius 1 is 1.38 bits per heavy atom. The summed E-state index contributed by atoms with van der Waals surface area (Å²) in [6.07, 6.45) is 0. The molecule has 0 unspecified atom stereocenters. The van der Waals surface area contributed by atoms with E-state index in [0.29, 0.717) is 31.6 Å². The zero-order valence-corrected chi connectivity index (χ0v) is 8.34. The molecule has 6 heteroatoms. The van der Waals surface area contributed by atoms with Crippen molar-refractivity contribution in [3.05, 3.63) is 5.01 Å². The average molecular weight is 203 g/mol. The van der Waals surface area contributed by atoms with Crippen molar-refractivity contribution in [2.24, 2.45) is 5.73 Å². The maximum absolute atomic E-state index is 5.37. The van der Waals surface area contributed by atoms with Gasteiger partial charge in [-0.1, -0.05) is 11.3 Å². The molecule has 0 amide bonds. The zero-order valence-electron chi connectivity index (χ0n) is 7.52. The molecule has 13 heavy (non-hydrogen) atoms. The van der Waals surface area contributed by atoms with Crippen LogP contribution in [0, 0.1) is 0 Å². The number of rotatable bonds is 6. The highest BCUT2D eigenvalue weighted by atomic mass is 32.1. The molecule has 0 fully saturated rings. The minimum atomic E-state index is 0.409. The van der Waals surface area contributed by atoms with Gasteiger partial charge in [0.25, 0.3) is 5.19 Å². The van der Waals surface area contributed by atoms with Gasteiger partial charge in [-0.15, -0.1) is 10.2 Å². The second kappa shape index (κ2) is 5.85. The van der Waals surface area contributed by atoms with Crippen molar-refractivity contribution in [2.45, 2.75) is 13.5 Å². The molecule has 0 aliphatic heterocycles.